The lowest BCUT2D eigenvalue weighted by molar-refractivity contribution is 0.0593. The van der Waals surface area contributed by atoms with Crippen LogP contribution in [0.4, 0.5) is 0 Å². The molecule has 0 unspecified atom stereocenters. The zero-order valence-corrected chi connectivity index (χ0v) is 11.0. The topological polar surface area (TPSA) is 35.5 Å². The summed E-state index contributed by atoms with van der Waals surface area (Å²) in [6, 6.07) is 3.56. The van der Waals surface area contributed by atoms with E-state index in [2.05, 4.69) is 0 Å². The standard InChI is InChI=1S/C14H15ClO3/c1-17-14(16)11-7-8(15)6-10-9-4-2-3-5-12(9)18-13(10)11/h6-7,9,12H,2-5H2,1H3/t9-,12-/m1/s1. The van der Waals surface area contributed by atoms with E-state index in [1.165, 1.54) is 20.0 Å². The molecule has 1 aromatic carbocycles. The summed E-state index contributed by atoms with van der Waals surface area (Å²) in [6.07, 6.45) is 4.77. The van der Waals surface area contributed by atoms with E-state index < -0.39 is 0 Å². The number of esters is 1. The van der Waals surface area contributed by atoms with E-state index in [1.807, 2.05) is 6.07 Å². The van der Waals surface area contributed by atoms with Crippen LogP contribution >= 0.6 is 11.6 Å². The Kier molecular flexibility index (Phi) is 2.94. The Morgan fingerprint density at radius 1 is 1.39 bits per heavy atom. The highest BCUT2D eigenvalue weighted by Crippen LogP contribution is 2.48. The average molecular weight is 267 g/mol. The molecule has 2 atom stereocenters. The summed E-state index contributed by atoms with van der Waals surface area (Å²) >= 11 is 6.10. The molecule has 1 fully saturated rings. The predicted octanol–water partition coefficient (Wildman–Crippen LogP) is 3.55. The molecule has 18 heavy (non-hydrogen) atoms. The number of hydrogen-bond donors (Lipinski definition) is 0. The van der Waals surface area contributed by atoms with Crippen molar-refractivity contribution in [3.63, 3.8) is 0 Å². The average Bonchev–Trinajstić information content (AvgIpc) is 2.75. The van der Waals surface area contributed by atoms with Gasteiger partial charge in [-0.3, -0.25) is 0 Å². The zero-order chi connectivity index (χ0) is 12.7. The number of hydrogen-bond acceptors (Lipinski definition) is 3. The molecular weight excluding hydrogens is 252 g/mol. The second kappa shape index (κ2) is 4.47. The van der Waals surface area contributed by atoms with Gasteiger partial charge in [-0.25, -0.2) is 4.79 Å². The van der Waals surface area contributed by atoms with E-state index >= 15 is 0 Å². The van der Waals surface area contributed by atoms with Gasteiger partial charge in [0.1, 0.15) is 17.4 Å². The first-order chi connectivity index (χ1) is 8.70. The van der Waals surface area contributed by atoms with Gasteiger partial charge in [-0.15, -0.1) is 0 Å². The Morgan fingerprint density at radius 2 is 2.17 bits per heavy atom. The molecule has 3 rings (SSSR count). The minimum absolute atomic E-state index is 0.204. The summed E-state index contributed by atoms with van der Waals surface area (Å²) in [5.41, 5.74) is 1.53. The number of fused-ring (bicyclic) bond motifs is 3. The minimum Gasteiger partial charge on any atom is -0.489 e. The van der Waals surface area contributed by atoms with E-state index in [-0.39, 0.29) is 12.1 Å². The van der Waals surface area contributed by atoms with Crippen molar-refractivity contribution < 1.29 is 14.3 Å². The molecule has 96 valence electrons. The second-order valence-corrected chi connectivity index (χ2v) is 5.35. The third kappa shape index (κ3) is 1.77. The van der Waals surface area contributed by atoms with Crippen LogP contribution in [0.2, 0.25) is 5.02 Å². The van der Waals surface area contributed by atoms with Crippen molar-refractivity contribution in [3.05, 3.63) is 28.3 Å². The van der Waals surface area contributed by atoms with Crippen LogP contribution in [0.25, 0.3) is 0 Å². The van der Waals surface area contributed by atoms with Crippen molar-refractivity contribution in [3.8, 4) is 5.75 Å². The lowest BCUT2D eigenvalue weighted by Crippen LogP contribution is -2.22. The smallest absolute Gasteiger partial charge is 0.341 e. The summed E-state index contributed by atoms with van der Waals surface area (Å²) in [4.78, 5) is 11.8. The van der Waals surface area contributed by atoms with Gasteiger partial charge in [0.15, 0.2) is 0 Å². The van der Waals surface area contributed by atoms with Gasteiger partial charge in [-0.05, 0) is 31.4 Å². The van der Waals surface area contributed by atoms with Crippen LogP contribution in [0.15, 0.2) is 12.1 Å². The first kappa shape index (κ1) is 11.8. The van der Waals surface area contributed by atoms with Gasteiger partial charge in [0.05, 0.1) is 7.11 Å². The van der Waals surface area contributed by atoms with E-state index in [4.69, 9.17) is 21.1 Å². The van der Waals surface area contributed by atoms with Crippen molar-refractivity contribution in [2.24, 2.45) is 0 Å². The molecule has 0 N–H and O–H groups in total. The molecule has 1 aliphatic carbocycles. The van der Waals surface area contributed by atoms with Crippen LogP contribution in [-0.4, -0.2) is 19.2 Å². The number of halogens is 1. The Hall–Kier alpha value is -1.22. The fourth-order valence-electron chi connectivity index (χ4n) is 3.03. The molecule has 0 amide bonds. The van der Waals surface area contributed by atoms with Gasteiger partial charge in [0, 0.05) is 16.5 Å². The molecule has 1 aliphatic heterocycles. The van der Waals surface area contributed by atoms with E-state index in [0.29, 0.717) is 22.3 Å². The molecule has 0 bridgehead atoms. The molecule has 4 heteroatoms. The molecule has 0 aromatic heterocycles. The molecule has 1 aromatic rings. The monoisotopic (exact) mass is 266 g/mol. The summed E-state index contributed by atoms with van der Waals surface area (Å²) < 4.78 is 10.8. The molecule has 1 heterocycles. The molecular formula is C14H15ClO3. The van der Waals surface area contributed by atoms with Crippen LogP contribution < -0.4 is 4.74 Å². The first-order valence-electron chi connectivity index (χ1n) is 6.29. The SMILES string of the molecule is COC(=O)c1cc(Cl)cc2c1O[C@@H]1CCCC[C@H]21. The number of benzene rings is 1. The van der Waals surface area contributed by atoms with Crippen LogP contribution in [0.5, 0.6) is 5.75 Å². The molecule has 1 saturated carbocycles. The maximum absolute atomic E-state index is 11.8. The van der Waals surface area contributed by atoms with Crippen LogP contribution in [0.3, 0.4) is 0 Å². The number of rotatable bonds is 1. The number of methoxy groups -OCH3 is 1. The van der Waals surface area contributed by atoms with E-state index in [9.17, 15) is 4.79 Å². The minimum atomic E-state index is -0.382. The van der Waals surface area contributed by atoms with E-state index in [1.54, 1.807) is 6.07 Å². The van der Waals surface area contributed by atoms with E-state index in [0.717, 1.165) is 18.4 Å². The zero-order valence-electron chi connectivity index (χ0n) is 10.2. The third-order valence-corrected chi connectivity index (χ3v) is 4.08. The normalized spacial score (nSPS) is 25.0. The Morgan fingerprint density at radius 3 is 2.94 bits per heavy atom. The maximum Gasteiger partial charge on any atom is 0.341 e. The van der Waals surface area contributed by atoms with Gasteiger partial charge in [0.2, 0.25) is 0 Å². The van der Waals surface area contributed by atoms with Crippen LogP contribution in [-0.2, 0) is 4.74 Å². The summed E-state index contributed by atoms with van der Waals surface area (Å²) in [5, 5.41) is 0.573. The van der Waals surface area contributed by atoms with Crippen LogP contribution in [0.1, 0.15) is 47.5 Å². The summed E-state index contributed by atoms with van der Waals surface area (Å²) in [5.74, 6) is 0.686. The Bertz CT molecular complexity index is 498. The quantitative estimate of drug-likeness (QED) is 0.730. The van der Waals surface area contributed by atoms with Gasteiger partial charge in [-0.2, -0.15) is 0 Å². The van der Waals surface area contributed by atoms with Crippen molar-refractivity contribution in [2.45, 2.75) is 37.7 Å². The Labute approximate surface area is 111 Å². The molecule has 0 radical (unpaired) electrons. The highest BCUT2D eigenvalue weighted by Gasteiger charge is 2.38. The molecule has 0 saturated heterocycles. The van der Waals surface area contributed by atoms with Gasteiger partial charge >= 0.3 is 5.97 Å². The maximum atomic E-state index is 11.8. The van der Waals surface area contributed by atoms with Gasteiger partial charge in [0.25, 0.3) is 0 Å². The molecule has 0 spiro atoms. The van der Waals surface area contributed by atoms with Gasteiger partial charge < -0.3 is 9.47 Å². The second-order valence-electron chi connectivity index (χ2n) is 4.91. The lowest BCUT2D eigenvalue weighted by atomic mass is 9.83. The Balaban J connectivity index is 2.08. The number of ether oxygens (including phenoxy) is 2. The summed E-state index contributed by atoms with van der Waals surface area (Å²) in [7, 11) is 1.37. The van der Waals surface area contributed by atoms with Crippen molar-refractivity contribution in [1.82, 2.24) is 0 Å². The predicted molar refractivity (Wildman–Crippen MR) is 68.4 cm³/mol. The molecule has 3 nitrogen and oxygen atoms in total. The fourth-order valence-corrected chi connectivity index (χ4v) is 3.25. The van der Waals surface area contributed by atoms with Crippen molar-refractivity contribution >= 4 is 17.6 Å². The third-order valence-electron chi connectivity index (χ3n) is 3.86. The first-order valence-corrected chi connectivity index (χ1v) is 6.67. The van der Waals surface area contributed by atoms with Crippen molar-refractivity contribution in [1.29, 1.82) is 0 Å². The van der Waals surface area contributed by atoms with Gasteiger partial charge in [-0.1, -0.05) is 18.0 Å². The highest BCUT2D eigenvalue weighted by atomic mass is 35.5. The lowest BCUT2D eigenvalue weighted by Gasteiger charge is -2.23. The fraction of sp³-hybridized carbons (Fsp3) is 0.500. The highest BCUT2D eigenvalue weighted by molar-refractivity contribution is 6.31. The number of carbonyl (C=O) groups excluding carboxylic acids is 1. The number of carbonyl (C=O) groups is 1. The van der Waals surface area contributed by atoms with Crippen molar-refractivity contribution in [2.75, 3.05) is 7.11 Å². The van der Waals surface area contributed by atoms with Crippen LogP contribution in [0, 0.1) is 0 Å². The summed E-state index contributed by atoms with van der Waals surface area (Å²) in [6.45, 7) is 0. The largest absolute Gasteiger partial charge is 0.489 e. The molecule has 2 aliphatic rings.